The number of halogens is 1. The minimum atomic E-state index is -0.211. The van der Waals surface area contributed by atoms with Gasteiger partial charge in [0.1, 0.15) is 11.6 Å². The second-order valence-corrected chi connectivity index (χ2v) is 6.95. The third-order valence-corrected chi connectivity index (χ3v) is 4.84. The van der Waals surface area contributed by atoms with Crippen molar-refractivity contribution in [3.05, 3.63) is 53.0 Å². The van der Waals surface area contributed by atoms with Gasteiger partial charge in [0.2, 0.25) is 0 Å². The molecule has 1 fully saturated rings. The predicted molar refractivity (Wildman–Crippen MR) is 90.6 cm³/mol. The van der Waals surface area contributed by atoms with E-state index in [9.17, 15) is 9.18 Å². The zero-order chi connectivity index (χ0) is 17.2. The summed E-state index contributed by atoms with van der Waals surface area (Å²) in [5.41, 5.74) is 1.84. The summed E-state index contributed by atoms with van der Waals surface area (Å²) in [5.74, 6) is 1.20. The molecule has 0 saturated heterocycles. The summed E-state index contributed by atoms with van der Waals surface area (Å²) >= 11 is 0. The quantitative estimate of drug-likeness (QED) is 0.906. The van der Waals surface area contributed by atoms with Crippen molar-refractivity contribution >= 4 is 5.91 Å². The summed E-state index contributed by atoms with van der Waals surface area (Å²) in [4.78, 5) is 18.8. The minimum absolute atomic E-state index is 0.184. The minimum Gasteiger partial charge on any atom is -0.437 e. The first-order valence-electron chi connectivity index (χ1n) is 8.91. The molecule has 0 atom stereocenters. The Labute approximate surface area is 146 Å². The molecule has 1 N–H and O–H groups in total. The van der Waals surface area contributed by atoms with Gasteiger partial charge in [-0.3, -0.25) is 9.69 Å². The number of fused-ring (bicyclic) bond motifs is 1. The Morgan fingerprint density at radius 2 is 2.16 bits per heavy atom. The highest BCUT2D eigenvalue weighted by molar-refractivity contribution is 5.89. The molecule has 0 spiro atoms. The lowest BCUT2D eigenvalue weighted by Gasteiger charge is -2.19. The largest absolute Gasteiger partial charge is 0.437 e. The van der Waals surface area contributed by atoms with Crippen LogP contribution in [-0.4, -0.2) is 35.4 Å². The smallest absolute Gasteiger partial charge is 0.307 e. The molecule has 1 aromatic carbocycles. The molecule has 1 saturated carbocycles. The van der Waals surface area contributed by atoms with Gasteiger partial charge in [0.15, 0.2) is 0 Å². The Balaban J connectivity index is 1.36. The first-order valence-corrected chi connectivity index (χ1v) is 8.91. The molecule has 1 aliphatic carbocycles. The molecule has 6 heteroatoms. The zero-order valence-corrected chi connectivity index (χ0v) is 14.1. The molecule has 25 heavy (non-hydrogen) atoms. The summed E-state index contributed by atoms with van der Waals surface area (Å²) < 4.78 is 19.0. The van der Waals surface area contributed by atoms with E-state index in [1.807, 2.05) is 6.07 Å². The van der Waals surface area contributed by atoms with E-state index >= 15 is 0 Å². The number of hydrogen-bond donors (Lipinski definition) is 1. The highest BCUT2D eigenvalue weighted by Crippen LogP contribution is 2.27. The van der Waals surface area contributed by atoms with E-state index < -0.39 is 0 Å². The van der Waals surface area contributed by atoms with Crippen molar-refractivity contribution < 1.29 is 13.6 Å². The predicted octanol–water partition coefficient (Wildman–Crippen LogP) is 2.55. The van der Waals surface area contributed by atoms with Gasteiger partial charge in [0.05, 0.1) is 5.69 Å². The summed E-state index contributed by atoms with van der Waals surface area (Å²) in [5, 5.41) is 2.89. The Hall–Kier alpha value is -2.21. The lowest BCUT2D eigenvalue weighted by Crippen LogP contribution is -2.27. The molecule has 0 unspecified atom stereocenters. The number of carbonyl (C=O) groups is 1. The van der Waals surface area contributed by atoms with Crippen LogP contribution in [0, 0.1) is 11.7 Å². The van der Waals surface area contributed by atoms with Crippen LogP contribution < -0.4 is 5.32 Å². The number of rotatable bonds is 5. The van der Waals surface area contributed by atoms with Gasteiger partial charge >= 0.3 is 5.91 Å². The lowest BCUT2D eigenvalue weighted by molar-refractivity contribution is 0.0915. The van der Waals surface area contributed by atoms with E-state index in [0.29, 0.717) is 25.4 Å². The third-order valence-electron chi connectivity index (χ3n) is 4.84. The van der Waals surface area contributed by atoms with Crippen molar-refractivity contribution in [2.45, 2.75) is 32.2 Å². The van der Waals surface area contributed by atoms with Gasteiger partial charge in [-0.2, -0.15) is 0 Å². The molecule has 132 valence electrons. The van der Waals surface area contributed by atoms with Crippen LogP contribution in [0.25, 0.3) is 0 Å². The first kappa shape index (κ1) is 16.3. The molecule has 2 aliphatic rings. The van der Waals surface area contributed by atoms with Crippen LogP contribution in [-0.2, 0) is 19.4 Å². The normalized spacial score (nSPS) is 17.8. The van der Waals surface area contributed by atoms with E-state index in [4.69, 9.17) is 4.42 Å². The van der Waals surface area contributed by atoms with Gasteiger partial charge in [-0.1, -0.05) is 12.1 Å². The van der Waals surface area contributed by atoms with Crippen LogP contribution >= 0.6 is 0 Å². The second-order valence-electron chi connectivity index (χ2n) is 6.95. The number of aromatic nitrogens is 1. The number of nitrogens with zero attached hydrogens (tertiary/aromatic N) is 2. The van der Waals surface area contributed by atoms with Crippen LogP contribution in [0.15, 0.2) is 28.7 Å². The number of nitrogens with one attached hydrogen (secondary N) is 1. The zero-order valence-electron chi connectivity index (χ0n) is 14.1. The van der Waals surface area contributed by atoms with Gasteiger partial charge < -0.3 is 9.73 Å². The lowest BCUT2D eigenvalue weighted by atomic mass is 10.2. The fourth-order valence-electron chi connectivity index (χ4n) is 3.19. The highest BCUT2D eigenvalue weighted by atomic mass is 19.1. The molecule has 0 radical (unpaired) electrons. The SMILES string of the molecule is O=C(NCC1CC1)c1nc2c(o1)CCN(Cc1cccc(F)c1)CC2. The van der Waals surface area contributed by atoms with Crippen molar-refractivity contribution in [3.8, 4) is 0 Å². The maximum Gasteiger partial charge on any atom is 0.307 e. The van der Waals surface area contributed by atoms with Crippen molar-refractivity contribution in [1.29, 1.82) is 0 Å². The number of benzene rings is 1. The van der Waals surface area contributed by atoms with Gasteiger partial charge in [-0.05, 0) is 36.5 Å². The van der Waals surface area contributed by atoms with Crippen molar-refractivity contribution in [3.63, 3.8) is 0 Å². The van der Waals surface area contributed by atoms with Crippen LogP contribution in [0.2, 0.25) is 0 Å². The third kappa shape index (κ3) is 4.07. The Kier molecular flexibility index (Phi) is 4.53. The Morgan fingerprint density at radius 1 is 1.32 bits per heavy atom. The fourth-order valence-corrected chi connectivity index (χ4v) is 3.19. The van der Waals surface area contributed by atoms with E-state index in [-0.39, 0.29) is 17.6 Å². The molecular formula is C19H22FN3O2. The van der Waals surface area contributed by atoms with Crippen molar-refractivity contribution in [2.75, 3.05) is 19.6 Å². The van der Waals surface area contributed by atoms with Crippen molar-refractivity contribution in [1.82, 2.24) is 15.2 Å². The van der Waals surface area contributed by atoms with Crippen molar-refractivity contribution in [2.24, 2.45) is 5.92 Å². The second kappa shape index (κ2) is 6.96. The van der Waals surface area contributed by atoms with Gasteiger partial charge in [0.25, 0.3) is 5.89 Å². The van der Waals surface area contributed by atoms with Crippen LogP contribution in [0.5, 0.6) is 0 Å². The maximum absolute atomic E-state index is 13.3. The molecule has 4 rings (SSSR count). The summed E-state index contributed by atoms with van der Waals surface area (Å²) in [7, 11) is 0. The molecule has 0 bridgehead atoms. The van der Waals surface area contributed by atoms with Crippen LogP contribution in [0.3, 0.4) is 0 Å². The molecule has 1 aliphatic heterocycles. The van der Waals surface area contributed by atoms with Gasteiger partial charge in [-0.25, -0.2) is 9.37 Å². The number of amides is 1. The van der Waals surface area contributed by atoms with E-state index in [2.05, 4.69) is 15.2 Å². The Morgan fingerprint density at radius 3 is 2.96 bits per heavy atom. The number of carbonyl (C=O) groups excluding carboxylic acids is 1. The number of hydrogen-bond acceptors (Lipinski definition) is 4. The van der Waals surface area contributed by atoms with E-state index in [0.717, 1.165) is 36.5 Å². The standard InChI is InChI=1S/C19H22FN3O2/c20-15-3-1-2-14(10-15)12-23-8-6-16-17(7-9-23)25-19(22-16)18(24)21-11-13-4-5-13/h1-3,10,13H,4-9,11-12H2,(H,21,24). The van der Waals surface area contributed by atoms with E-state index in [1.165, 1.54) is 18.9 Å². The van der Waals surface area contributed by atoms with Crippen LogP contribution in [0.4, 0.5) is 4.39 Å². The molecular weight excluding hydrogens is 321 g/mol. The average molecular weight is 343 g/mol. The first-order chi connectivity index (χ1) is 12.2. The summed E-state index contributed by atoms with van der Waals surface area (Å²) in [6, 6.07) is 6.70. The topological polar surface area (TPSA) is 58.4 Å². The molecule has 5 nitrogen and oxygen atoms in total. The molecule has 1 aromatic heterocycles. The van der Waals surface area contributed by atoms with Gasteiger partial charge in [0, 0.05) is 39.0 Å². The fraction of sp³-hybridized carbons (Fsp3) is 0.474. The van der Waals surface area contributed by atoms with Gasteiger partial charge in [-0.15, -0.1) is 0 Å². The van der Waals surface area contributed by atoms with Crippen LogP contribution in [0.1, 0.15) is 40.5 Å². The molecule has 2 aromatic rings. The Bertz CT molecular complexity index is 744. The summed E-state index contributed by atoms with van der Waals surface area (Å²) in [6.07, 6.45) is 3.85. The maximum atomic E-state index is 13.3. The monoisotopic (exact) mass is 343 g/mol. The molecule has 1 amide bonds. The highest BCUT2D eigenvalue weighted by Gasteiger charge is 2.25. The number of oxazole rings is 1. The average Bonchev–Trinajstić information content (AvgIpc) is 3.37. The van der Waals surface area contributed by atoms with E-state index in [1.54, 1.807) is 12.1 Å². The molecule has 2 heterocycles. The summed E-state index contributed by atoms with van der Waals surface area (Å²) in [6.45, 7) is 3.05.